The van der Waals surface area contributed by atoms with Gasteiger partial charge in [-0.1, -0.05) is 0 Å². The second kappa shape index (κ2) is 7.03. The summed E-state index contributed by atoms with van der Waals surface area (Å²) in [6, 6.07) is 3.21. The molecule has 146 valence electrons. The number of sulfone groups is 1. The van der Waals surface area contributed by atoms with E-state index >= 15 is 0 Å². The highest BCUT2D eigenvalue weighted by Gasteiger charge is 2.47. The van der Waals surface area contributed by atoms with Crippen molar-refractivity contribution < 1.29 is 31.6 Å². The smallest absolute Gasteiger partial charge is 0.388 e. The van der Waals surface area contributed by atoms with Crippen LogP contribution in [0.1, 0.15) is 25.7 Å². The molecule has 1 aliphatic rings. The van der Waals surface area contributed by atoms with Gasteiger partial charge in [0.2, 0.25) is 0 Å². The van der Waals surface area contributed by atoms with Crippen molar-refractivity contribution in [2.24, 2.45) is 5.92 Å². The third-order valence-corrected chi connectivity index (χ3v) is 5.60. The van der Waals surface area contributed by atoms with Gasteiger partial charge in [0.15, 0.2) is 9.84 Å². The second-order valence-electron chi connectivity index (χ2n) is 6.62. The van der Waals surface area contributed by atoms with Gasteiger partial charge in [-0.25, -0.2) is 8.42 Å². The van der Waals surface area contributed by atoms with Crippen molar-refractivity contribution in [3.63, 3.8) is 0 Å². The molecule has 2 rings (SSSR count). The molecule has 1 aromatic rings. The first-order chi connectivity index (χ1) is 11.8. The SMILES string of the molecule is CS(=O)(=O)c1ccc(NCC2(O)CCCC(C(F)(F)F)C2)c([N+](=O)[O-])c1. The molecule has 2 N–H and O–H groups in total. The maximum absolute atomic E-state index is 12.9. The number of rotatable bonds is 5. The molecule has 2 atom stereocenters. The predicted octanol–water partition coefficient (Wildman–Crippen LogP) is 2.89. The topological polar surface area (TPSA) is 110 Å². The lowest BCUT2D eigenvalue weighted by atomic mass is 9.77. The van der Waals surface area contributed by atoms with E-state index in [2.05, 4.69) is 5.32 Å². The molecule has 0 spiro atoms. The number of nitrogens with zero attached hydrogens (tertiary/aromatic N) is 1. The van der Waals surface area contributed by atoms with Crippen LogP contribution in [0, 0.1) is 16.0 Å². The molecular formula is C15H19F3N2O5S. The monoisotopic (exact) mass is 396 g/mol. The summed E-state index contributed by atoms with van der Waals surface area (Å²) in [5, 5.41) is 24.2. The molecule has 0 bridgehead atoms. The summed E-state index contributed by atoms with van der Waals surface area (Å²) >= 11 is 0. The zero-order chi connectivity index (χ0) is 19.8. The average molecular weight is 396 g/mol. The summed E-state index contributed by atoms with van der Waals surface area (Å²) < 4.78 is 61.7. The quantitative estimate of drug-likeness (QED) is 0.585. The van der Waals surface area contributed by atoms with Crippen LogP contribution in [0.3, 0.4) is 0 Å². The van der Waals surface area contributed by atoms with Crippen LogP contribution in [0.5, 0.6) is 0 Å². The predicted molar refractivity (Wildman–Crippen MR) is 87.7 cm³/mol. The van der Waals surface area contributed by atoms with Gasteiger partial charge in [0, 0.05) is 18.9 Å². The van der Waals surface area contributed by atoms with Crippen LogP contribution in [0.15, 0.2) is 23.1 Å². The molecule has 2 unspecified atom stereocenters. The first kappa shape index (κ1) is 20.4. The van der Waals surface area contributed by atoms with E-state index in [1.807, 2.05) is 0 Å². The molecule has 1 saturated carbocycles. The van der Waals surface area contributed by atoms with Crippen molar-refractivity contribution in [1.82, 2.24) is 0 Å². The van der Waals surface area contributed by atoms with Gasteiger partial charge in [0.25, 0.3) is 5.69 Å². The number of nitrogens with one attached hydrogen (secondary N) is 1. The normalized spacial score (nSPS) is 24.3. The molecule has 11 heteroatoms. The van der Waals surface area contributed by atoms with Gasteiger partial charge < -0.3 is 10.4 Å². The van der Waals surface area contributed by atoms with Crippen LogP contribution < -0.4 is 5.32 Å². The van der Waals surface area contributed by atoms with E-state index in [0.29, 0.717) is 0 Å². The van der Waals surface area contributed by atoms with Crippen molar-refractivity contribution in [3.05, 3.63) is 28.3 Å². The number of aliphatic hydroxyl groups is 1. The Morgan fingerprint density at radius 2 is 2.08 bits per heavy atom. The summed E-state index contributed by atoms with van der Waals surface area (Å²) in [6.45, 7) is -0.307. The van der Waals surface area contributed by atoms with Crippen LogP contribution >= 0.6 is 0 Å². The summed E-state index contributed by atoms with van der Waals surface area (Å²) in [7, 11) is -3.65. The summed E-state index contributed by atoms with van der Waals surface area (Å²) in [5.74, 6) is -1.62. The molecule has 7 nitrogen and oxygen atoms in total. The molecule has 26 heavy (non-hydrogen) atoms. The third-order valence-electron chi connectivity index (χ3n) is 4.49. The Hall–Kier alpha value is -1.88. The van der Waals surface area contributed by atoms with E-state index in [1.54, 1.807) is 0 Å². The van der Waals surface area contributed by atoms with Crippen molar-refractivity contribution in [2.45, 2.75) is 42.4 Å². The first-order valence-electron chi connectivity index (χ1n) is 7.83. The van der Waals surface area contributed by atoms with Crippen molar-refractivity contribution in [3.8, 4) is 0 Å². The summed E-state index contributed by atoms with van der Waals surface area (Å²) in [6.07, 6.45) is -3.72. The minimum Gasteiger partial charge on any atom is -0.388 e. The zero-order valence-electron chi connectivity index (χ0n) is 13.9. The largest absolute Gasteiger partial charge is 0.391 e. The van der Waals surface area contributed by atoms with E-state index in [0.717, 1.165) is 18.4 Å². The number of anilines is 1. The van der Waals surface area contributed by atoms with E-state index in [-0.39, 0.29) is 36.4 Å². The maximum Gasteiger partial charge on any atom is 0.391 e. The van der Waals surface area contributed by atoms with Gasteiger partial charge in [-0.3, -0.25) is 10.1 Å². The number of halogens is 3. The molecule has 0 aliphatic heterocycles. The molecule has 0 radical (unpaired) electrons. The van der Waals surface area contributed by atoms with Crippen LogP contribution in [0.4, 0.5) is 24.5 Å². The first-order valence-corrected chi connectivity index (χ1v) is 9.72. The lowest BCUT2D eigenvalue weighted by Gasteiger charge is -2.37. The Labute approximate surface area is 148 Å². The fraction of sp³-hybridized carbons (Fsp3) is 0.600. The van der Waals surface area contributed by atoms with Crippen LogP contribution in [-0.2, 0) is 9.84 Å². The molecule has 1 aromatic carbocycles. The Bertz CT molecular complexity index is 797. The standard InChI is InChI=1S/C15H19F3N2O5S/c1-26(24,25)11-4-5-12(13(7-11)20(22)23)19-9-14(21)6-2-3-10(8-14)15(16,17)18/h4-5,7,10,19,21H,2-3,6,8-9H2,1H3. The Balaban J connectivity index is 2.19. The highest BCUT2D eigenvalue weighted by atomic mass is 32.2. The van der Waals surface area contributed by atoms with Crippen LogP contribution in [0.25, 0.3) is 0 Å². The van der Waals surface area contributed by atoms with Gasteiger partial charge in [0.05, 0.1) is 21.3 Å². The highest BCUT2D eigenvalue weighted by molar-refractivity contribution is 7.90. The highest BCUT2D eigenvalue weighted by Crippen LogP contribution is 2.42. The molecule has 1 aliphatic carbocycles. The lowest BCUT2D eigenvalue weighted by Crippen LogP contribution is -2.45. The summed E-state index contributed by atoms with van der Waals surface area (Å²) in [5.41, 5.74) is -2.24. The molecule has 0 aromatic heterocycles. The number of benzene rings is 1. The molecule has 0 amide bonds. The lowest BCUT2D eigenvalue weighted by molar-refractivity contribution is -0.384. The minimum absolute atomic E-state index is 0.0605. The number of hydrogen-bond donors (Lipinski definition) is 2. The van der Waals surface area contributed by atoms with E-state index in [9.17, 15) is 36.8 Å². The molecular weight excluding hydrogens is 377 g/mol. The van der Waals surface area contributed by atoms with E-state index in [4.69, 9.17) is 0 Å². The average Bonchev–Trinajstić information content (AvgIpc) is 2.51. The minimum atomic E-state index is -4.41. The fourth-order valence-electron chi connectivity index (χ4n) is 3.08. The Morgan fingerprint density at radius 1 is 1.42 bits per heavy atom. The van der Waals surface area contributed by atoms with Gasteiger partial charge in [0.1, 0.15) is 5.69 Å². The van der Waals surface area contributed by atoms with Gasteiger partial charge >= 0.3 is 6.18 Å². The van der Waals surface area contributed by atoms with Crippen LogP contribution in [0.2, 0.25) is 0 Å². The maximum atomic E-state index is 12.9. The van der Waals surface area contributed by atoms with Crippen LogP contribution in [-0.4, -0.2) is 43.0 Å². The number of alkyl halides is 3. The zero-order valence-corrected chi connectivity index (χ0v) is 14.7. The Morgan fingerprint density at radius 3 is 2.62 bits per heavy atom. The van der Waals surface area contributed by atoms with Crippen molar-refractivity contribution >= 4 is 21.2 Å². The van der Waals surface area contributed by atoms with Gasteiger partial charge in [-0.05, 0) is 37.8 Å². The van der Waals surface area contributed by atoms with Crippen molar-refractivity contribution in [2.75, 3.05) is 18.1 Å². The van der Waals surface area contributed by atoms with E-state index in [1.165, 1.54) is 6.07 Å². The third kappa shape index (κ3) is 4.85. The number of nitro groups is 1. The molecule has 0 saturated heterocycles. The Kier molecular flexibility index (Phi) is 5.52. The van der Waals surface area contributed by atoms with Crippen molar-refractivity contribution in [1.29, 1.82) is 0 Å². The van der Waals surface area contributed by atoms with E-state index < -0.39 is 44.6 Å². The fourth-order valence-corrected chi connectivity index (χ4v) is 3.72. The second-order valence-corrected chi connectivity index (χ2v) is 8.64. The molecule has 0 heterocycles. The molecule has 1 fully saturated rings. The van der Waals surface area contributed by atoms with Gasteiger partial charge in [-0.15, -0.1) is 0 Å². The van der Waals surface area contributed by atoms with Gasteiger partial charge in [-0.2, -0.15) is 13.2 Å². The summed E-state index contributed by atoms with van der Waals surface area (Å²) in [4.78, 5) is 10.1. The number of hydrogen-bond acceptors (Lipinski definition) is 6. The number of nitro benzene ring substituents is 1.